The molecule has 4 atom stereocenters. The highest BCUT2D eigenvalue weighted by Gasteiger charge is 2.42. The number of carbonyl (C=O) groups is 1. The van der Waals surface area contributed by atoms with Crippen LogP contribution in [-0.4, -0.2) is 76.4 Å². The van der Waals surface area contributed by atoms with E-state index in [2.05, 4.69) is 5.32 Å². The highest BCUT2D eigenvalue weighted by atomic mass is 35.5. The minimum Gasteiger partial charge on any atom is -0.388 e. The molecule has 118 valence electrons. The normalized spacial score (nSPS) is 30.4. The SMILES string of the molecule is CC(C)CN(C(=O)NCCCl)[C@@H]1OC[C@@H](O)[C@@H](O)[C@@H]1O. The Bertz CT molecular complexity index is 318. The molecule has 8 heteroatoms. The summed E-state index contributed by atoms with van der Waals surface area (Å²) in [5, 5.41) is 31.7. The van der Waals surface area contributed by atoms with Gasteiger partial charge in [0.1, 0.15) is 18.3 Å². The Balaban J connectivity index is 2.78. The van der Waals surface area contributed by atoms with Crippen LogP contribution in [0.4, 0.5) is 4.79 Å². The second-order valence-electron chi connectivity index (χ2n) is 5.24. The molecule has 0 spiro atoms. The van der Waals surface area contributed by atoms with Crippen LogP contribution in [0.25, 0.3) is 0 Å². The topological polar surface area (TPSA) is 102 Å². The van der Waals surface area contributed by atoms with Crippen LogP contribution < -0.4 is 5.32 Å². The molecule has 7 nitrogen and oxygen atoms in total. The van der Waals surface area contributed by atoms with Gasteiger partial charge >= 0.3 is 6.03 Å². The van der Waals surface area contributed by atoms with Gasteiger partial charge in [0.05, 0.1) is 6.61 Å². The van der Waals surface area contributed by atoms with E-state index in [0.717, 1.165) is 0 Å². The molecule has 0 aliphatic carbocycles. The first-order chi connectivity index (χ1) is 9.38. The molecular formula is C12H23ClN2O5. The van der Waals surface area contributed by atoms with Gasteiger partial charge in [-0.3, -0.25) is 4.90 Å². The van der Waals surface area contributed by atoms with Gasteiger partial charge in [-0.05, 0) is 5.92 Å². The van der Waals surface area contributed by atoms with Gasteiger partial charge in [0.15, 0.2) is 6.23 Å². The molecule has 4 N–H and O–H groups in total. The quantitative estimate of drug-likeness (QED) is 0.505. The van der Waals surface area contributed by atoms with E-state index in [1.807, 2.05) is 13.8 Å². The van der Waals surface area contributed by atoms with E-state index in [-0.39, 0.29) is 18.4 Å². The van der Waals surface area contributed by atoms with Gasteiger partial charge in [0.2, 0.25) is 0 Å². The summed E-state index contributed by atoms with van der Waals surface area (Å²) in [5.41, 5.74) is 0. The minimum atomic E-state index is -1.36. The van der Waals surface area contributed by atoms with Crippen molar-refractivity contribution in [1.29, 1.82) is 0 Å². The van der Waals surface area contributed by atoms with Crippen LogP contribution >= 0.6 is 11.6 Å². The largest absolute Gasteiger partial charge is 0.388 e. The second kappa shape index (κ2) is 7.99. The Kier molecular flexibility index (Phi) is 6.97. The summed E-state index contributed by atoms with van der Waals surface area (Å²) < 4.78 is 5.31. The molecule has 1 fully saturated rings. The van der Waals surface area contributed by atoms with Gasteiger partial charge in [-0.25, -0.2) is 4.79 Å². The molecule has 0 bridgehead atoms. The van der Waals surface area contributed by atoms with Crippen molar-refractivity contribution in [1.82, 2.24) is 10.2 Å². The molecule has 0 radical (unpaired) electrons. The average Bonchev–Trinajstić information content (AvgIpc) is 2.40. The molecule has 0 saturated carbocycles. The standard InChI is InChI=1S/C12H23ClN2O5/c1-7(2)5-15(12(19)14-4-3-13)11-10(18)9(17)8(16)6-20-11/h7-11,16-18H,3-6H2,1-2H3,(H,14,19)/t8-,9-,10+,11-/m1/s1. The number of aliphatic hydroxyl groups is 3. The van der Waals surface area contributed by atoms with Crippen LogP contribution in [0.3, 0.4) is 0 Å². The summed E-state index contributed by atoms with van der Waals surface area (Å²) in [5.74, 6) is 0.424. The zero-order chi connectivity index (χ0) is 15.3. The lowest BCUT2D eigenvalue weighted by molar-refractivity contribution is -0.220. The molecule has 2 amide bonds. The lowest BCUT2D eigenvalue weighted by atomic mass is 10.0. The number of nitrogens with zero attached hydrogens (tertiary/aromatic N) is 1. The van der Waals surface area contributed by atoms with Crippen LogP contribution in [0.2, 0.25) is 0 Å². The highest BCUT2D eigenvalue weighted by molar-refractivity contribution is 6.18. The van der Waals surface area contributed by atoms with Crippen LogP contribution in [0.15, 0.2) is 0 Å². The fourth-order valence-electron chi connectivity index (χ4n) is 2.02. The van der Waals surface area contributed by atoms with E-state index in [1.165, 1.54) is 4.90 Å². The van der Waals surface area contributed by atoms with Crippen molar-refractivity contribution >= 4 is 17.6 Å². The van der Waals surface area contributed by atoms with Gasteiger partial charge in [0.25, 0.3) is 0 Å². The molecule has 0 aromatic rings. The number of alkyl halides is 1. The van der Waals surface area contributed by atoms with E-state index < -0.39 is 30.6 Å². The third-order valence-electron chi connectivity index (χ3n) is 2.97. The summed E-state index contributed by atoms with van der Waals surface area (Å²) in [6, 6.07) is -0.424. The van der Waals surface area contributed by atoms with E-state index >= 15 is 0 Å². The van der Waals surface area contributed by atoms with Crippen molar-refractivity contribution in [3.8, 4) is 0 Å². The summed E-state index contributed by atoms with van der Waals surface area (Å²) in [4.78, 5) is 13.4. The predicted octanol–water partition coefficient (Wildman–Crippen LogP) is -0.668. The Morgan fingerprint density at radius 2 is 2.05 bits per heavy atom. The predicted molar refractivity (Wildman–Crippen MR) is 73.4 cm³/mol. The Hall–Kier alpha value is -0.600. The van der Waals surface area contributed by atoms with Gasteiger partial charge in [-0.2, -0.15) is 0 Å². The number of urea groups is 1. The second-order valence-corrected chi connectivity index (χ2v) is 5.62. The lowest BCUT2D eigenvalue weighted by Gasteiger charge is -2.41. The van der Waals surface area contributed by atoms with Crippen molar-refractivity contribution in [2.24, 2.45) is 5.92 Å². The number of aliphatic hydroxyl groups excluding tert-OH is 3. The smallest absolute Gasteiger partial charge is 0.319 e. The van der Waals surface area contributed by atoms with E-state index in [9.17, 15) is 20.1 Å². The molecule has 1 heterocycles. The van der Waals surface area contributed by atoms with Crippen molar-refractivity contribution in [3.63, 3.8) is 0 Å². The maximum absolute atomic E-state index is 12.1. The van der Waals surface area contributed by atoms with Gasteiger partial charge in [-0.1, -0.05) is 13.8 Å². The maximum Gasteiger partial charge on any atom is 0.319 e. The van der Waals surface area contributed by atoms with E-state index in [4.69, 9.17) is 16.3 Å². The van der Waals surface area contributed by atoms with Gasteiger partial charge < -0.3 is 25.4 Å². The molecular weight excluding hydrogens is 288 g/mol. The molecule has 20 heavy (non-hydrogen) atoms. The van der Waals surface area contributed by atoms with E-state index in [0.29, 0.717) is 13.1 Å². The molecule has 0 aromatic carbocycles. The number of carbonyl (C=O) groups excluding carboxylic acids is 1. The summed E-state index contributed by atoms with van der Waals surface area (Å²) >= 11 is 5.53. The number of amides is 2. The summed E-state index contributed by atoms with van der Waals surface area (Å²) in [6.07, 6.45) is -4.86. The fourth-order valence-corrected chi connectivity index (χ4v) is 2.11. The lowest BCUT2D eigenvalue weighted by Crippen LogP contribution is -2.62. The van der Waals surface area contributed by atoms with Crippen LogP contribution in [0.1, 0.15) is 13.8 Å². The number of hydrogen-bond donors (Lipinski definition) is 4. The number of rotatable bonds is 5. The summed E-state index contributed by atoms with van der Waals surface area (Å²) in [6.45, 7) is 4.34. The molecule has 0 unspecified atom stereocenters. The number of halogens is 1. The van der Waals surface area contributed by atoms with Crippen molar-refractivity contribution in [3.05, 3.63) is 0 Å². The average molecular weight is 311 g/mol. The number of nitrogens with one attached hydrogen (secondary N) is 1. The Morgan fingerprint density at radius 3 is 2.60 bits per heavy atom. The number of hydrogen-bond acceptors (Lipinski definition) is 5. The highest BCUT2D eigenvalue weighted by Crippen LogP contribution is 2.20. The zero-order valence-electron chi connectivity index (χ0n) is 11.7. The van der Waals surface area contributed by atoms with Crippen molar-refractivity contribution < 1.29 is 24.9 Å². The first-order valence-corrected chi connectivity index (χ1v) is 7.18. The third-order valence-corrected chi connectivity index (χ3v) is 3.16. The molecule has 1 aliphatic heterocycles. The molecule has 0 aromatic heterocycles. The van der Waals surface area contributed by atoms with Crippen molar-refractivity contribution in [2.45, 2.75) is 38.4 Å². The summed E-state index contributed by atoms with van der Waals surface area (Å²) in [7, 11) is 0. The molecule has 1 rings (SSSR count). The van der Waals surface area contributed by atoms with Crippen LogP contribution in [0.5, 0.6) is 0 Å². The molecule has 1 aliphatic rings. The van der Waals surface area contributed by atoms with Crippen LogP contribution in [-0.2, 0) is 4.74 Å². The van der Waals surface area contributed by atoms with Crippen molar-refractivity contribution in [2.75, 3.05) is 25.6 Å². The monoisotopic (exact) mass is 310 g/mol. The minimum absolute atomic E-state index is 0.139. The first-order valence-electron chi connectivity index (χ1n) is 6.64. The molecule has 1 saturated heterocycles. The van der Waals surface area contributed by atoms with Gasteiger partial charge in [-0.15, -0.1) is 11.6 Å². The zero-order valence-corrected chi connectivity index (χ0v) is 12.5. The number of ether oxygens (including phenoxy) is 1. The first kappa shape index (κ1) is 17.5. The fraction of sp³-hybridized carbons (Fsp3) is 0.917. The third kappa shape index (κ3) is 4.46. The Labute approximate surface area is 123 Å². The van der Waals surface area contributed by atoms with E-state index in [1.54, 1.807) is 0 Å². The Morgan fingerprint density at radius 1 is 1.40 bits per heavy atom. The van der Waals surface area contributed by atoms with Gasteiger partial charge in [0, 0.05) is 19.0 Å². The van der Waals surface area contributed by atoms with Crippen LogP contribution in [0, 0.1) is 5.92 Å². The maximum atomic E-state index is 12.1.